The Morgan fingerprint density at radius 1 is 1.03 bits per heavy atom. The molecule has 168 valence electrons. The smallest absolute Gasteiger partial charge is 0.322 e. The molecule has 0 bridgehead atoms. The third kappa shape index (κ3) is 4.55. The summed E-state index contributed by atoms with van der Waals surface area (Å²) in [6, 6.07) is 17.5. The van der Waals surface area contributed by atoms with Gasteiger partial charge in [0.1, 0.15) is 4.90 Å². The Kier molecular flexibility index (Phi) is 6.08. The van der Waals surface area contributed by atoms with Crippen LogP contribution in [0.25, 0.3) is 11.0 Å². The number of sulfonamides is 1. The average Bonchev–Trinajstić information content (AvgIpc) is 3.17. The fourth-order valence-corrected chi connectivity index (χ4v) is 5.27. The summed E-state index contributed by atoms with van der Waals surface area (Å²) in [5.74, 6) is -0.532. The summed E-state index contributed by atoms with van der Waals surface area (Å²) in [6.45, 7) is 3.67. The van der Waals surface area contributed by atoms with Gasteiger partial charge in [0.2, 0.25) is 0 Å². The zero-order valence-electron chi connectivity index (χ0n) is 17.2. The molecule has 4 rings (SSSR count). The van der Waals surface area contributed by atoms with Gasteiger partial charge in [0.05, 0.1) is 28.3 Å². The number of H-pyrrole nitrogens is 2. The number of fused-ring (bicyclic) bond motifs is 1. The maximum absolute atomic E-state index is 13.5. The number of rotatable bonds is 7. The van der Waals surface area contributed by atoms with Crippen molar-refractivity contribution in [3.63, 3.8) is 0 Å². The van der Waals surface area contributed by atoms with Crippen molar-refractivity contribution in [1.82, 2.24) is 9.97 Å². The van der Waals surface area contributed by atoms with E-state index in [0.717, 1.165) is 0 Å². The molecule has 4 aromatic rings. The van der Waals surface area contributed by atoms with Crippen LogP contribution in [0.15, 0.2) is 89.1 Å². The Hall–Kier alpha value is -3.82. The number of amides is 1. The van der Waals surface area contributed by atoms with Crippen LogP contribution in [0, 0.1) is 0 Å². The summed E-state index contributed by atoms with van der Waals surface area (Å²) in [6.07, 6.45) is 1.47. The molecule has 8 nitrogen and oxygen atoms in total. The molecule has 0 saturated carbocycles. The lowest BCUT2D eigenvalue weighted by molar-refractivity contribution is 0.102. The van der Waals surface area contributed by atoms with E-state index in [2.05, 4.69) is 21.9 Å². The fraction of sp³-hybridized carbons (Fsp3) is 0.0435. The van der Waals surface area contributed by atoms with Crippen LogP contribution in [0.4, 0.5) is 11.4 Å². The quantitative estimate of drug-likeness (QED) is 0.343. The maximum atomic E-state index is 13.5. The number of benzene rings is 3. The van der Waals surface area contributed by atoms with Crippen LogP contribution in [0.3, 0.4) is 0 Å². The highest BCUT2D eigenvalue weighted by atomic mass is 35.5. The molecule has 0 aliphatic heterocycles. The van der Waals surface area contributed by atoms with Crippen molar-refractivity contribution in [3.05, 3.63) is 100 Å². The molecule has 0 saturated heterocycles. The number of hydrogen-bond acceptors (Lipinski definition) is 4. The van der Waals surface area contributed by atoms with E-state index in [0.29, 0.717) is 22.4 Å². The first-order chi connectivity index (χ1) is 15.8. The van der Waals surface area contributed by atoms with E-state index in [-0.39, 0.29) is 27.7 Å². The summed E-state index contributed by atoms with van der Waals surface area (Å²) < 4.78 is 28.1. The highest BCUT2D eigenvalue weighted by Gasteiger charge is 2.27. The molecule has 1 heterocycles. The van der Waals surface area contributed by atoms with Crippen LogP contribution >= 0.6 is 11.6 Å². The second-order valence-corrected chi connectivity index (χ2v) is 9.34. The van der Waals surface area contributed by atoms with Gasteiger partial charge in [-0.3, -0.25) is 9.10 Å². The number of nitrogens with one attached hydrogen (secondary N) is 3. The topological polar surface area (TPSA) is 115 Å². The normalized spacial score (nSPS) is 11.3. The minimum Gasteiger partial charge on any atom is -0.322 e. The maximum Gasteiger partial charge on any atom is 0.323 e. The van der Waals surface area contributed by atoms with E-state index in [1.165, 1.54) is 28.6 Å². The van der Waals surface area contributed by atoms with E-state index in [4.69, 9.17) is 11.6 Å². The van der Waals surface area contributed by atoms with Gasteiger partial charge in [-0.1, -0.05) is 35.9 Å². The van der Waals surface area contributed by atoms with E-state index >= 15 is 0 Å². The Morgan fingerprint density at radius 3 is 2.48 bits per heavy atom. The summed E-state index contributed by atoms with van der Waals surface area (Å²) in [4.78, 5) is 29.3. The van der Waals surface area contributed by atoms with E-state index < -0.39 is 15.9 Å². The number of aromatic amines is 2. The monoisotopic (exact) mass is 482 g/mol. The number of nitrogens with zero attached hydrogens (tertiary/aromatic N) is 1. The number of anilines is 2. The predicted molar refractivity (Wildman–Crippen MR) is 129 cm³/mol. The lowest BCUT2D eigenvalue weighted by Gasteiger charge is -2.24. The van der Waals surface area contributed by atoms with Crippen LogP contribution in [0.1, 0.15) is 10.4 Å². The minimum atomic E-state index is -4.10. The van der Waals surface area contributed by atoms with Gasteiger partial charge >= 0.3 is 5.69 Å². The fourth-order valence-electron chi connectivity index (χ4n) is 3.33. The molecule has 10 heteroatoms. The number of carbonyl (C=O) groups is 1. The van der Waals surface area contributed by atoms with Crippen LogP contribution in [-0.2, 0) is 10.0 Å². The van der Waals surface area contributed by atoms with Gasteiger partial charge in [-0.15, -0.1) is 6.58 Å². The van der Waals surface area contributed by atoms with Crippen molar-refractivity contribution in [2.75, 3.05) is 16.2 Å². The summed E-state index contributed by atoms with van der Waals surface area (Å²) in [7, 11) is -4.10. The summed E-state index contributed by atoms with van der Waals surface area (Å²) >= 11 is 6.24. The first-order valence-corrected chi connectivity index (χ1v) is 11.6. The molecule has 3 aromatic carbocycles. The molecule has 0 atom stereocenters. The molecule has 3 N–H and O–H groups in total. The molecule has 33 heavy (non-hydrogen) atoms. The second kappa shape index (κ2) is 8.97. The van der Waals surface area contributed by atoms with Crippen molar-refractivity contribution >= 4 is 49.9 Å². The van der Waals surface area contributed by atoms with Crippen molar-refractivity contribution in [1.29, 1.82) is 0 Å². The Balaban J connectivity index is 1.67. The highest BCUT2D eigenvalue weighted by Crippen LogP contribution is 2.29. The standard InChI is InChI=1S/C23H19ClN4O4S/c1-2-12-28(17-6-4-3-5-7-17)33(31,32)21-13-15(8-10-18(21)24)22(29)25-16-9-11-19-20(14-16)27-23(30)26-19/h2-11,13-14H,1,12H2,(H,25,29)(H2,26,27,30). The SMILES string of the molecule is C=CCN(c1ccccc1)S(=O)(=O)c1cc(C(=O)Nc2ccc3[nH]c(=O)[nH]c3c2)ccc1Cl. The van der Waals surface area contributed by atoms with Crippen LogP contribution in [0.5, 0.6) is 0 Å². The van der Waals surface area contributed by atoms with Crippen LogP contribution in [0.2, 0.25) is 5.02 Å². The highest BCUT2D eigenvalue weighted by molar-refractivity contribution is 7.93. The molecule has 0 aliphatic carbocycles. The van der Waals surface area contributed by atoms with Gasteiger partial charge in [0.25, 0.3) is 15.9 Å². The number of halogens is 1. The van der Waals surface area contributed by atoms with Crippen molar-refractivity contribution in [3.8, 4) is 0 Å². The predicted octanol–water partition coefficient (Wildman–Crippen LogP) is 4.14. The lowest BCUT2D eigenvalue weighted by Crippen LogP contribution is -2.31. The Labute approximate surface area is 194 Å². The molecule has 0 radical (unpaired) electrons. The van der Waals surface area contributed by atoms with Gasteiger partial charge < -0.3 is 15.3 Å². The van der Waals surface area contributed by atoms with Gasteiger partial charge in [-0.25, -0.2) is 13.2 Å². The zero-order valence-corrected chi connectivity index (χ0v) is 18.8. The third-order valence-corrected chi connectivity index (χ3v) is 7.15. The number of hydrogen-bond donors (Lipinski definition) is 3. The molecule has 0 spiro atoms. The third-order valence-electron chi connectivity index (χ3n) is 4.87. The van der Waals surface area contributed by atoms with Crippen molar-refractivity contribution in [2.45, 2.75) is 4.90 Å². The average molecular weight is 483 g/mol. The van der Waals surface area contributed by atoms with Crippen LogP contribution < -0.4 is 15.3 Å². The molecule has 0 unspecified atom stereocenters. The minimum absolute atomic E-state index is 0.0112. The van der Waals surface area contributed by atoms with Gasteiger partial charge in [0.15, 0.2) is 0 Å². The number of carbonyl (C=O) groups excluding carboxylic acids is 1. The summed E-state index contributed by atoms with van der Waals surface area (Å²) in [5.41, 5.74) is 1.74. The van der Waals surface area contributed by atoms with Crippen LogP contribution in [-0.4, -0.2) is 30.8 Å². The molecular weight excluding hydrogens is 464 g/mol. The molecular formula is C23H19ClN4O4S. The summed E-state index contributed by atoms with van der Waals surface area (Å²) in [5, 5.41) is 2.69. The van der Waals surface area contributed by atoms with Crippen molar-refractivity contribution < 1.29 is 13.2 Å². The number of para-hydroxylation sites is 1. The van der Waals surface area contributed by atoms with Gasteiger partial charge in [0, 0.05) is 11.3 Å². The van der Waals surface area contributed by atoms with Gasteiger partial charge in [-0.2, -0.15) is 0 Å². The number of imidazole rings is 1. The van der Waals surface area contributed by atoms with E-state index in [9.17, 15) is 18.0 Å². The second-order valence-electron chi connectivity index (χ2n) is 7.10. The lowest BCUT2D eigenvalue weighted by atomic mass is 10.2. The first-order valence-electron chi connectivity index (χ1n) is 9.81. The Bertz CT molecular complexity index is 1510. The largest absolute Gasteiger partial charge is 0.323 e. The molecule has 1 aromatic heterocycles. The molecule has 0 fully saturated rings. The van der Waals surface area contributed by atoms with E-state index in [1.54, 1.807) is 48.5 Å². The Morgan fingerprint density at radius 2 is 1.76 bits per heavy atom. The first kappa shape index (κ1) is 22.4. The van der Waals surface area contributed by atoms with Crippen molar-refractivity contribution in [2.24, 2.45) is 0 Å². The number of aromatic nitrogens is 2. The van der Waals surface area contributed by atoms with E-state index in [1.807, 2.05) is 0 Å². The molecule has 1 amide bonds. The zero-order chi connectivity index (χ0) is 23.6. The van der Waals surface area contributed by atoms with Gasteiger partial charge in [-0.05, 0) is 48.5 Å². The molecule has 0 aliphatic rings.